The van der Waals surface area contributed by atoms with Crippen LogP contribution in [0.5, 0.6) is 0 Å². The molecule has 0 radical (unpaired) electrons. The van der Waals surface area contributed by atoms with Gasteiger partial charge in [0.15, 0.2) is 0 Å². The van der Waals surface area contributed by atoms with Crippen molar-refractivity contribution in [3.05, 3.63) is 54.0 Å². The first kappa shape index (κ1) is 15.4. The highest BCUT2D eigenvalue weighted by molar-refractivity contribution is 7.99. The summed E-state index contributed by atoms with van der Waals surface area (Å²) in [5.74, 6) is -3.07. The summed E-state index contributed by atoms with van der Waals surface area (Å²) >= 11 is 0.259. The summed E-state index contributed by atoms with van der Waals surface area (Å²) in [6.45, 7) is 1.80. The monoisotopic (exact) mass is 309 g/mol. The standard InChI is InChI=1S/C14H13F2N3OS/c1-9(10-4-2-6-17-8-10)19-12(20)11-5-3-7-18-13(11)21-14(15)16/h2-9,14H,1H3,(H,19,20). The number of carbonyl (C=O) groups is 1. The lowest BCUT2D eigenvalue weighted by Crippen LogP contribution is -2.27. The molecule has 1 atom stereocenters. The van der Waals surface area contributed by atoms with Crippen molar-refractivity contribution in [2.45, 2.75) is 23.7 Å². The Balaban J connectivity index is 2.14. The van der Waals surface area contributed by atoms with Gasteiger partial charge in [-0.1, -0.05) is 6.07 Å². The molecule has 1 unspecified atom stereocenters. The van der Waals surface area contributed by atoms with Crippen molar-refractivity contribution in [1.29, 1.82) is 0 Å². The molecule has 0 saturated heterocycles. The molecule has 21 heavy (non-hydrogen) atoms. The van der Waals surface area contributed by atoms with Crippen LogP contribution in [-0.4, -0.2) is 21.6 Å². The van der Waals surface area contributed by atoms with Crippen LogP contribution >= 0.6 is 11.8 Å². The van der Waals surface area contributed by atoms with Crippen molar-refractivity contribution < 1.29 is 13.6 Å². The lowest BCUT2D eigenvalue weighted by Gasteiger charge is -2.15. The summed E-state index contributed by atoms with van der Waals surface area (Å²) in [6.07, 6.45) is 4.66. The lowest BCUT2D eigenvalue weighted by atomic mass is 10.1. The van der Waals surface area contributed by atoms with Crippen LogP contribution in [0.4, 0.5) is 8.78 Å². The smallest absolute Gasteiger partial charge is 0.290 e. The number of pyridine rings is 2. The molecule has 2 rings (SSSR count). The molecular formula is C14H13F2N3OS. The molecule has 2 heterocycles. The van der Waals surface area contributed by atoms with Gasteiger partial charge in [-0.15, -0.1) is 0 Å². The highest BCUT2D eigenvalue weighted by Crippen LogP contribution is 2.26. The fourth-order valence-corrected chi connectivity index (χ4v) is 2.31. The molecule has 2 aromatic heterocycles. The Morgan fingerprint density at radius 2 is 2.05 bits per heavy atom. The van der Waals surface area contributed by atoms with Crippen molar-refractivity contribution in [2.75, 3.05) is 0 Å². The highest BCUT2D eigenvalue weighted by Gasteiger charge is 2.18. The van der Waals surface area contributed by atoms with Gasteiger partial charge in [-0.2, -0.15) is 8.78 Å². The number of rotatable bonds is 5. The van der Waals surface area contributed by atoms with Gasteiger partial charge in [0.2, 0.25) is 0 Å². The number of nitrogens with one attached hydrogen (secondary N) is 1. The van der Waals surface area contributed by atoms with Crippen LogP contribution in [-0.2, 0) is 0 Å². The van der Waals surface area contributed by atoms with Crippen LogP contribution in [0.15, 0.2) is 47.9 Å². The van der Waals surface area contributed by atoms with E-state index in [0.29, 0.717) is 0 Å². The maximum absolute atomic E-state index is 12.5. The minimum Gasteiger partial charge on any atom is -0.345 e. The third-order valence-electron chi connectivity index (χ3n) is 2.75. The van der Waals surface area contributed by atoms with Gasteiger partial charge in [0, 0.05) is 18.6 Å². The Hall–Kier alpha value is -2.02. The molecule has 110 valence electrons. The van der Waals surface area contributed by atoms with Crippen LogP contribution < -0.4 is 5.32 Å². The molecule has 0 aliphatic rings. The van der Waals surface area contributed by atoms with Gasteiger partial charge in [-0.3, -0.25) is 9.78 Å². The SMILES string of the molecule is CC(NC(=O)c1cccnc1SC(F)F)c1cccnc1. The van der Waals surface area contributed by atoms with Crippen LogP contribution in [0.1, 0.15) is 28.9 Å². The molecule has 1 amide bonds. The lowest BCUT2D eigenvalue weighted by molar-refractivity contribution is 0.0936. The number of aromatic nitrogens is 2. The zero-order valence-corrected chi connectivity index (χ0v) is 12.0. The van der Waals surface area contributed by atoms with E-state index in [4.69, 9.17) is 0 Å². The molecule has 0 saturated carbocycles. The molecule has 0 aliphatic carbocycles. The summed E-state index contributed by atoms with van der Waals surface area (Å²) in [7, 11) is 0. The Morgan fingerprint density at radius 3 is 2.71 bits per heavy atom. The summed E-state index contributed by atoms with van der Waals surface area (Å²) in [6, 6.07) is 6.33. The number of alkyl halides is 2. The topological polar surface area (TPSA) is 54.9 Å². The first-order valence-electron chi connectivity index (χ1n) is 6.18. The molecule has 2 aromatic rings. The van der Waals surface area contributed by atoms with E-state index in [1.54, 1.807) is 31.5 Å². The van der Waals surface area contributed by atoms with Crippen molar-refractivity contribution >= 4 is 17.7 Å². The van der Waals surface area contributed by atoms with Gasteiger partial charge in [-0.25, -0.2) is 4.98 Å². The Kier molecular flexibility index (Phi) is 5.21. The van der Waals surface area contributed by atoms with Crippen LogP contribution in [0.2, 0.25) is 0 Å². The van der Waals surface area contributed by atoms with Gasteiger partial charge in [-0.05, 0) is 42.4 Å². The van der Waals surface area contributed by atoms with E-state index in [-0.39, 0.29) is 28.4 Å². The van der Waals surface area contributed by atoms with E-state index in [0.717, 1.165) is 5.56 Å². The van der Waals surface area contributed by atoms with Gasteiger partial charge < -0.3 is 5.32 Å². The number of hydrogen-bond donors (Lipinski definition) is 1. The number of thioether (sulfide) groups is 1. The van der Waals surface area contributed by atoms with Gasteiger partial charge in [0.25, 0.3) is 11.7 Å². The predicted molar refractivity (Wildman–Crippen MR) is 76.2 cm³/mol. The maximum atomic E-state index is 12.5. The van der Waals surface area contributed by atoms with Crippen LogP contribution in [0, 0.1) is 0 Å². The Bertz CT molecular complexity index is 610. The zero-order chi connectivity index (χ0) is 15.2. The van der Waals surface area contributed by atoms with Gasteiger partial charge in [0.05, 0.1) is 11.6 Å². The van der Waals surface area contributed by atoms with E-state index in [9.17, 15) is 13.6 Å². The quantitative estimate of drug-likeness (QED) is 0.861. The van der Waals surface area contributed by atoms with Gasteiger partial charge >= 0.3 is 0 Å². The largest absolute Gasteiger partial charge is 0.345 e. The van der Waals surface area contributed by atoms with E-state index in [1.807, 2.05) is 6.07 Å². The number of halogens is 2. The van der Waals surface area contributed by atoms with Crippen molar-refractivity contribution in [3.8, 4) is 0 Å². The number of nitrogens with zero attached hydrogens (tertiary/aromatic N) is 2. The molecule has 0 aliphatic heterocycles. The molecule has 1 N–H and O–H groups in total. The van der Waals surface area contributed by atoms with Gasteiger partial charge in [0.1, 0.15) is 5.03 Å². The first-order chi connectivity index (χ1) is 10.1. The molecule has 0 bridgehead atoms. The summed E-state index contributed by atoms with van der Waals surface area (Å²) in [5, 5.41) is 2.77. The minimum atomic E-state index is -2.62. The van der Waals surface area contributed by atoms with E-state index >= 15 is 0 Å². The number of hydrogen-bond acceptors (Lipinski definition) is 4. The average molecular weight is 309 g/mol. The van der Waals surface area contributed by atoms with Crippen LogP contribution in [0.3, 0.4) is 0 Å². The number of amides is 1. The Morgan fingerprint density at radius 1 is 1.29 bits per heavy atom. The normalized spacial score (nSPS) is 12.2. The maximum Gasteiger partial charge on any atom is 0.290 e. The molecule has 0 fully saturated rings. The predicted octanol–water partition coefficient (Wildman–Crippen LogP) is 3.28. The summed E-state index contributed by atoms with van der Waals surface area (Å²) in [5.41, 5.74) is 0.969. The fraction of sp³-hybridized carbons (Fsp3) is 0.214. The molecule has 0 aromatic carbocycles. The second kappa shape index (κ2) is 7.12. The van der Waals surface area contributed by atoms with Crippen molar-refractivity contribution in [2.24, 2.45) is 0 Å². The third-order valence-corrected chi connectivity index (χ3v) is 3.48. The van der Waals surface area contributed by atoms with E-state index < -0.39 is 11.7 Å². The second-order valence-electron chi connectivity index (χ2n) is 4.22. The van der Waals surface area contributed by atoms with E-state index in [1.165, 1.54) is 12.3 Å². The molecule has 4 nitrogen and oxygen atoms in total. The Labute approximate surface area is 125 Å². The summed E-state index contributed by atoms with van der Waals surface area (Å²) in [4.78, 5) is 20.0. The zero-order valence-electron chi connectivity index (χ0n) is 11.2. The van der Waals surface area contributed by atoms with E-state index in [2.05, 4.69) is 15.3 Å². The third kappa shape index (κ3) is 4.22. The molecule has 7 heteroatoms. The van der Waals surface area contributed by atoms with Crippen molar-refractivity contribution in [3.63, 3.8) is 0 Å². The first-order valence-corrected chi connectivity index (χ1v) is 7.06. The summed E-state index contributed by atoms with van der Waals surface area (Å²) < 4.78 is 24.9. The molecule has 0 spiro atoms. The number of carbonyl (C=O) groups excluding carboxylic acids is 1. The van der Waals surface area contributed by atoms with Crippen LogP contribution in [0.25, 0.3) is 0 Å². The minimum absolute atomic E-state index is 0.0170. The fourth-order valence-electron chi connectivity index (χ4n) is 1.73. The second-order valence-corrected chi connectivity index (χ2v) is 5.19. The molecular weight excluding hydrogens is 296 g/mol. The van der Waals surface area contributed by atoms with Crippen molar-refractivity contribution in [1.82, 2.24) is 15.3 Å². The average Bonchev–Trinajstić information content (AvgIpc) is 2.48. The highest BCUT2D eigenvalue weighted by atomic mass is 32.2.